The molecule has 7 nitrogen and oxygen atoms in total. The van der Waals surface area contributed by atoms with Crippen molar-refractivity contribution >= 4 is 39.8 Å². The van der Waals surface area contributed by atoms with Gasteiger partial charge in [-0.15, -0.1) is 16.8 Å². The van der Waals surface area contributed by atoms with Crippen molar-refractivity contribution < 1.29 is 14.3 Å². The van der Waals surface area contributed by atoms with Crippen molar-refractivity contribution in [2.75, 3.05) is 37.2 Å². The van der Waals surface area contributed by atoms with Gasteiger partial charge in [0.1, 0.15) is 11.5 Å². The van der Waals surface area contributed by atoms with Gasteiger partial charge in [0.15, 0.2) is 4.34 Å². The molecular weight excluding hydrogens is 348 g/mol. The Bertz CT molecular complexity index is 706. The van der Waals surface area contributed by atoms with Crippen LogP contribution in [0.1, 0.15) is 0 Å². The lowest BCUT2D eigenvalue weighted by Crippen LogP contribution is -2.14. The van der Waals surface area contributed by atoms with E-state index in [0.29, 0.717) is 28.9 Å². The van der Waals surface area contributed by atoms with E-state index in [-0.39, 0.29) is 11.7 Å². The number of hydrogen-bond donors (Lipinski definition) is 2. The van der Waals surface area contributed by atoms with Gasteiger partial charge in [-0.05, 0) is 12.1 Å². The van der Waals surface area contributed by atoms with Gasteiger partial charge >= 0.3 is 0 Å². The Morgan fingerprint density at radius 3 is 2.92 bits per heavy atom. The lowest BCUT2D eigenvalue weighted by atomic mass is 10.2. The van der Waals surface area contributed by atoms with E-state index >= 15 is 0 Å². The molecule has 128 valence electrons. The fourth-order valence-corrected chi connectivity index (χ4v) is 3.27. The minimum Gasteiger partial charge on any atom is -0.497 e. The number of ether oxygens (including phenoxy) is 2. The normalized spacial score (nSPS) is 10.1. The number of benzene rings is 1. The highest BCUT2D eigenvalue weighted by molar-refractivity contribution is 8.01. The maximum Gasteiger partial charge on any atom is 0.234 e. The van der Waals surface area contributed by atoms with Gasteiger partial charge in [-0.1, -0.05) is 29.2 Å². The van der Waals surface area contributed by atoms with Crippen molar-refractivity contribution in [1.82, 2.24) is 10.2 Å². The van der Waals surface area contributed by atoms with Crippen molar-refractivity contribution in [3.8, 4) is 11.5 Å². The molecule has 0 atom stereocenters. The molecule has 2 aromatic rings. The molecule has 0 aliphatic heterocycles. The third-order valence-electron chi connectivity index (χ3n) is 2.81. The highest BCUT2D eigenvalue weighted by Crippen LogP contribution is 2.30. The molecule has 1 aromatic heterocycles. The Labute approximate surface area is 148 Å². The summed E-state index contributed by atoms with van der Waals surface area (Å²) in [4.78, 5) is 12.1. The summed E-state index contributed by atoms with van der Waals surface area (Å²) in [5.74, 6) is 1.28. The zero-order valence-corrected chi connectivity index (χ0v) is 15.0. The van der Waals surface area contributed by atoms with Crippen LogP contribution in [-0.4, -0.2) is 42.6 Å². The molecule has 0 aliphatic carbocycles. The molecule has 0 fully saturated rings. The molecule has 0 unspecified atom stereocenters. The molecule has 0 spiro atoms. The summed E-state index contributed by atoms with van der Waals surface area (Å²) in [5, 5.41) is 14.6. The first-order chi connectivity index (χ1) is 11.7. The van der Waals surface area contributed by atoms with Crippen LogP contribution < -0.4 is 20.1 Å². The number of nitrogens with one attached hydrogen (secondary N) is 2. The molecule has 0 saturated heterocycles. The van der Waals surface area contributed by atoms with Crippen molar-refractivity contribution in [2.45, 2.75) is 4.34 Å². The van der Waals surface area contributed by atoms with E-state index in [9.17, 15) is 4.79 Å². The maximum atomic E-state index is 12.1. The fourth-order valence-electron chi connectivity index (χ4n) is 1.71. The topological polar surface area (TPSA) is 85.4 Å². The maximum absolute atomic E-state index is 12.1. The fraction of sp³-hybridized carbons (Fsp3) is 0.267. The SMILES string of the molecule is C=CCNc1nnc(SCC(=O)Nc2ccc(OC)cc2OC)s1. The van der Waals surface area contributed by atoms with Gasteiger partial charge in [0.05, 0.1) is 25.7 Å². The van der Waals surface area contributed by atoms with Crippen molar-refractivity contribution in [2.24, 2.45) is 0 Å². The standard InChI is InChI=1S/C15H18N4O3S2/c1-4-7-16-14-18-19-15(24-14)23-9-13(20)17-11-6-5-10(21-2)8-12(11)22-3/h4-6,8H,1,7,9H2,2-3H3,(H,16,18)(H,17,20). The number of anilines is 2. The van der Waals surface area contributed by atoms with Crippen LogP contribution in [-0.2, 0) is 4.79 Å². The number of hydrogen-bond acceptors (Lipinski definition) is 8. The molecule has 1 heterocycles. The highest BCUT2D eigenvalue weighted by Gasteiger charge is 2.11. The molecule has 0 bridgehead atoms. The quantitative estimate of drug-likeness (QED) is 0.521. The van der Waals surface area contributed by atoms with Crippen LogP contribution >= 0.6 is 23.1 Å². The molecular formula is C15H18N4O3S2. The summed E-state index contributed by atoms with van der Waals surface area (Å²) in [7, 11) is 3.11. The van der Waals surface area contributed by atoms with E-state index in [0.717, 1.165) is 4.34 Å². The number of rotatable bonds is 9. The van der Waals surface area contributed by atoms with Gasteiger partial charge in [-0.2, -0.15) is 0 Å². The molecule has 2 rings (SSSR count). The molecule has 1 aromatic carbocycles. The van der Waals surface area contributed by atoms with Gasteiger partial charge in [0.2, 0.25) is 11.0 Å². The van der Waals surface area contributed by atoms with E-state index in [4.69, 9.17) is 9.47 Å². The predicted molar refractivity (Wildman–Crippen MR) is 97.5 cm³/mol. The van der Waals surface area contributed by atoms with Crippen LogP contribution in [0, 0.1) is 0 Å². The average molecular weight is 366 g/mol. The molecule has 24 heavy (non-hydrogen) atoms. The largest absolute Gasteiger partial charge is 0.497 e. The van der Waals surface area contributed by atoms with Gasteiger partial charge in [0, 0.05) is 12.6 Å². The van der Waals surface area contributed by atoms with E-state index < -0.39 is 0 Å². The second-order valence-corrected chi connectivity index (χ2v) is 6.65. The summed E-state index contributed by atoms with van der Waals surface area (Å²) in [6, 6.07) is 5.21. The number of amides is 1. The van der Waals surface area contributed by atoms with Crippen LogP contribution in [0.5, 0.6) is 11.5 Å². The van der Waals surface area contributed by atoms with Crippen LogP contribution in [0.3, 0.4) is 0 Å². The second-order valence-electron chi connectivity index (χ2n) is 4.45. The number of nitrogens with zero attached hydrogens (tertiary/aromatic N) is 2. The first-order valence-electron chi connectivity index (χ1n) is 6.99. The summed E-state index contributed by atoms with van der Waals surface area (Å²) < 4.78 is 11.1. The molecule has 0 aliphatic rings. The van der Waals surface area contributed by atoms with Gasteiger partial charge in [-0.25, -0.2) is 0 Å². The van der Waals surface area contributed by atoms with E-state index in [1.54, 1.807) is 31.4 Å². The Balaban J connectivity index is 1.89. The predicted octanol–water partition coefficient (Wildman–Crippen LogP) is 2.88. The van der Waals surface area contributed by atoms with Crippen LogP contribution in [0.4, 0.5) is 10.8 Å². The summed E-state index contributed by atoms with van der Waals surface area (Å²) >= 11 is 2.72. The van der Waals surface area contributed by atoms with Crippen LogP contribution in [0.15, 0.2) is 35.2 Å². The van der Waals surface area contributed by atoms with Crippen LogP contribution in [0.2, 0.25) is 0 Å². The Kier molecular flexibility index (Phi) is 6.89. The lowest BCUT2D eigenvalue weighted by molar-refractivity contribution is -0.113. The number of thioether (sulfide) groups is 1. The molecule has 1 amide bonds. The number of methoxy groups -OCH3 is 2. The van der Waals surface area contributed by atoms with Crippen molar-refractivity contribution in [1.29, 1.82) is 0 Å². The monoisotopic (exact) mass is 366 g/mol. The van der Waals surface area contributed by atoms with Gasteiger partial charge in [-0.3, -0.25) is 4.79 Å². The van der Waals surface area contributed by atoms with Crippen molar-refractivity contribution in [3.05, 3.63) is 30.9 Å². The van der Waals surface area contributed by atoms with Crippen LogP contribution in [0.25, 0.3) is 0 Å². The smallest absolute Gasteiger partial charge is 0.234 e. The zero-order chi connectivity index (χ0) is 17.4. The molecule has 2 N–H and O–H groups in total. The third-order valence-corrected chi connectivity index (χ3v) is 4.83. The summed E-state index contributed by atoms with van der Waals surface area (Å²) in [6.45, 7) is 4.25. The molecule has 9 heteroatoms. The Hall–Kier alpha value is -2.26. The number of carbonyl (C=O) groups excluding carboxylic acids is 1. The summed E-state index contributed by atoms with van der Waals surface area (Å²) in [5.41, 5.74) is 0.592. The minimum absolute atomic E-state index is 0.153. The second kappa shape index (κ2) is 9.14. The Morgan fingerprint density at radius 1 is 1.38 bits per heavy atom. The highest BCUT2D eigenvalue weighted by atomic mass is 32.2. The molecule has 0 radical (unpaired) electrons. The zero-order valence-electron chi connectivity index (χ0n) is 13.4. The first-order valence-corrected chi connectivity index (χ1v) is 8.79. The van der Waals surface area contributed by atoms with E-state index in [1.807, 2.05) is 0 Å². The van der Waals surface area contributed by atoms with Crippen molar-refractivity contribution in [3.63, 3.8) is 0 Å². The third kappa shape index (κ3) is 5.14. The minimum atomic E-state index is -0.153. The van der Waals surface area contributed by atoms with E-state index in [1.165, 1.54) is 30.2 Å². The van der Waals surface area contributed by atoms with Gasteiger partial charge < -0.3 is 20.1 Å². The number of carbonyl (C=O) groups is 1. The van der Waals surface area contributed by atoms with E-state index in [2.05, 4.69) is 27.4 Å². The Morgan fingerprint density at radius 2 is 2.21 bits per heavy atom. The molecule has 0 saturated carbocycles. The first kappa shape index (κ1) is 18.1. The average Bonchev–Trinajstić information content (AvgIpc) is 3.06. The lowest BCUT2D eigenvalue weighted by Gasteiger charge is -2.11. The van der Waals surface area contributed by atoms with Gasteiger partial charge in [0.25, 0.3) is 0 Å². The number of aromatic nitrogens is 2. The summed E-state index contributed by atoms with van der Waals surface area (Å²) in [6.07, 6.45) is 1.74.